The summed E-state index contributed by atoms with van der Waals surface area (Å²) in [5.74, 6) is -1.14. The summed E-state index contributed by atoms with van der Waals surface area (Å²) in [5, 5.41) is 0. The molecule has 0 radical (unpaired) electrons. The normalized spacial score (nSPS) is 36.0. The Bertz CT molecular complexity index is 535. The van der Waals surface area contributed by atoms with E-state index in [1.807, 2.05) is 46.4 Å². The van der Waals surface area contributed by atoms with Crippen molar-refractivity contribution in [2.24, 2.45) is 23.7 Å². The maximum Gasteiger partial charge on any atom is 0.234 e. The van der Waals surface area contributed by atoms with E-state index in [1.165, 1.54) is 4.90 Å². The molecule has 1 aliphatic carbocycles. The molecule has 116 valence electrons. The van der Waals surface area contributed by atoms with Gasteiger partial charge in [0.1, 0.15) is 0 Å². The minimum atomic E-state index is -0.507. The Kier molecular flexibility index (Phi) is 2.68. The van der Waals surface area contributed by atoms with Crippen molar-refractivity contribution in [1.29, 1.82) is 0 Å². The van der Waals surface area contributed by atoms with Crippen molar-refractivity contribution in [2.45, 2.75) is 52.6 Å². The van der Waals surface area contributed by atoms with Gasteiger partial charge in [-0.05, 0) is 41.5 Å². The Morgan fingerprint density at radius 3 is 1.71 bits per heavy atom. The zero-order chi connectivity index (χ0) is 15.9. The minimum absolute atomic E-state index is 0.0190. The molecule has 0 aromatic carbocycles. The second kappa shape index (κ2) is 3.87. The molecule has 5 nitrogen and oxygen atoms in total. The van der Waals surface area contributed by atoms with Crippen LogP contribution in [0.1, 0.15) is 41.5 Å². The number of carbonyl (C=O) groups excluding carboxylic acids is 3. The summed E-state index contributed by atoms with van der Waals surface area (Å²) in [4.78, 5) is 41.0. The summed E-state index contributed by atoms with van der Waals surface area (Å²) in [6.45, 7) is 12.2. The first-order valence-corrected chi connectivity index (χ1v) is 7.65. The third-order valence-corrected chi connectivity index (χ3v) is 5.13. The molecule has 3 amide bonds. The van der Waals surface area contributed by atoms with E-state index >= 15 is 0 Å². The van der Waals surface area contributed by atoms with Crippen LogP contribution in [0.15, 0.2) is 0 Å². The molecular weight excluding hydrogens is 268 g/mol. The van der Waals surface area contributed by atoms with E-state index in [1.54, 1.807) is 0 Å². The highest BCUT2D eigenvalue weighted by Crippen LogP contribution is 2.57. The molecule has 5 heteroatoms. The molecule has 3 rings (SSSR count). The van der Waals surface area contributed by atoms with Gasteiger partial charge in [-0.15, -0.1) is 0 Å². The molecule has 2 heterocycles. The topological polar surface area (TPSA) is 57.7 Å². The van der Waals surface area contributed by atoms with Gasteiger partial charge in [0.05, 0.1) is 17.8 Å². The van der Waals surface area contributed by atoms with Gasteiger partial charge in [0, 0.05) is 23.5 Å². The van der Waals surface area contributed by atoms with Crippen LogP contribution < -0.4 is 0 Å². The standard InChI is InChI=1S/C16H24N2O3/c1-15(2,3)17-7-8-9(12(17)19)11-10(8)13(20)18(14(11)21)16(4,5)6/h8-11H,7H2,1-6H3. The van der Waals surface area contributed by atoms with Crippen molar-refractivity contribution in [3.05, 3.63) is 0 Å². The molecule has 0 aromatic rings. The van der Waals surface area contributed by atoms with E-state index in [0.29, 0.717) is 6.54 Å². The largest absolute Gasteiger partial charge is 0.337 e. The number of hydrogen-bond acceptors (Lipinski definition) is 3. The quantitative estimate of drug-likeness (QED) is 0.632. The fourth-order valence-electron chi connectivity index (χ4n) is 4.19. The van der Waals surface area contributed by atoms with Crippen LogP contribution in [0.2, 0.25) is 0 Å². The lowest BCUT2D eigenvalue weighted by Crippen LogP contribution is -2.49. The molecule has 4 unspecified atom stereocenters. The van der Waals surface area contributed by atoms with Gasteiger partial charge in [0.15, 0.2) is 0 Å². The van der Waals surface area contributed by atoms with E-state index in [2.05, 4.69) is 0 Å². The Morgan fingerprint density at radius 1 is 0.762 bits per heavy atom. The highest BCUT2D eigenvalue weighted by molar-refractivity contribution is 6.10. The number of carbonyl (C=O) groups is 3. The Hall–Kier alpha value is -1.39. The lowest BCUT2D eigenvalue weighted by Gasteiger charge is -2.38. The molecule has 2 saturated heterocycles. The summed E-state index contributed by atoms with van der Waals surface area (Å²) in [6, 6.07) is 0. The number of rotatable bonds is 0. The molecule has 1 saturated carbocycles. The third kappa shape index (κ3) is 1.72. The van der Waals surface area contributed by atoms with E-state index in [9.17, 15) is 14.4 Å². The lowest BCUT2D eigenvalue weighted by molar-refractivity contribution is -0.148. The fourth-order valence-corrected chi connectivity index (χ4v) is 4.19. The van der Waals surface area contributed by atoms with Crippen molar-refractivity contribution in [1.82, 2.24) is 9.80 Å². The van der Waals surface area contributed by atoms with Gasteiger partial charge in [-0.1, -0.05) is 0 Å². The van der Waals surface area contributed by atoms with E-state index in [4.69, 9.17) is 0 Å². The van der Waals surface area contributed by atoms with Crippen molar-refractivity contribution in [3.63, 3.8) is 0 Å². The van der Waals surface area contributed by atoms with Crippen molar-refractivity contribution in [2.75, 3.05) is 6.54 Å². The van der Waals surface area contributed by atoms with Gasteiger partial charge < -0.3 is 4.90 Å². The zero-order valence-electron chi connectivity index (χ0n) is 13.6. The number of amides is 3. The first-order chi connectivity index (χ1) is 9.46. The molecule has 0 bridgehead atoms. The fraction of sp³-hybridized carbons (Fsp3) is 0.812. The number of imide groups is 1. The summed E-state index contributed by atoms with van der Waals surface area (Å²) in [6.07, 6.45) is 0. The first kappa shape index (κ1) is 14.5. The lowest BCUT2D eigenvalue weighted by atomic mass is 9.59. The summed E-state index contributed by atoms with van der Waals surface area (Å²) in [7, 11) is 0. The van der Waals surface area contributed by atoms with Crippen LogP contribution in [0.5, 0.6) is 0 Å². The molecular formula is C16H24N2O3. The van der Waals surface area contributed by atoms with Crippen LogP contribution in [-0.4, -0.2) is 45.1 Å². The minimum Gasteiger partial charge on any atom is -0.337 e. The van der Waals surface area contributed by atoms with Gasteiger partial charge >= 0.3 is 0 Å². The Balaban J connectivity index is 1.91. The first-order valence-electron chi connectivity index (χ1n) is 7.65. The average Bonchev–Trinajstić information content (AvgIpc) is 2.59. The summed E-state index contributed by atoms with van der Waals surface area (Å²) >= 11 is 0. The second-order valence-corrected chi connectivity index (χ2v) is 8.54. The van der Waals surface area contributed by atoms with E-state index in [-0.39, 0.29) is 41.0 Å². The van der Waals surface area contributed by atoms with Gasteiger partial charge in [-0.25, -0.2) is 0 Å². The Labute approximate surface area is 125 Å². The highest BCUT2D eigenvalue weighted by Gasteiger charge is 2.71. The highest BCUT2D eigenvalue weighted by atomic mass is 16.2. The number of fused-ring (bicyclic) bond motifs is 4. The predicted molar refractivity (Wildman–Crippen MR) is 77.0 cm³/mol. The van der Waals surface area contributed by atoms with Crippen molar-refractivity contribution < 1.29 is 14.4 Å². The van der Waals surface area contributed by atoms with E-state index < -0.39 is 11.5 Å². The van der Waals surface area contributed by atoms with Gasteiger partial charge in [0.2, 0.25) is 17.7 Å². The molecule has 4 atom stereocenters. The average molecular weight is 292 g/mol. The molecule has 3 fully saturated rings. The Morgan fingerprint density at radius 2 is 1.24 bits per heavy atom. The SMILES string of the molecule is CC(C)(C)N1CC2C(C1=O)C1C(=O)N(C(C)(C)C)C(=O)C21. The third-order valence-electron chi connectivity index (χ3n) is 5.13. The zero-order valence-corrected chi connectivity index (χ0v) is 13.6. The molecule has 0 spiro atoms. The monoisotopic (exact) mass is 292 g/mol. The number of nitrogens with zero attached hydrogens (tertiary/aromatic N) is 2. The maximum absolute atomic E-state index is 12.6. The van der Waals surface area contributed by atoms with Crippen molar-refractivity contribution >= 4 is 17.7 Å². The molecule has 2 aliphatic heterocycles. The number of hydrogen-bond donors (Lipinski definition) is 0. The van der Waals surface area contributed by atoms with Crippen LogP contribution >= 0.6 is 0 Å². The van der Waals surface area contributed by atoms with Crippen molar-refractivity contribution in [3.8, 4) is 0 Å². The maximum atomic E-state index is 12.6. The molecule has 0 aromatic heterocycles. The van der Waals surface area contributed by atoms with Crippen LogP contribution in [0.3, 0.4) is 0 Å². The molecule has 0 N–H and O–H groups in total. The van der Waals surface area contributed by atoms with E-state index in [0.717, 1.165) is 0 Å². The van der Waals surface area contributed by atoms with Gasteiger partial charge in [0.25, 0.3) is 0 Å². The molecule has 3 aliphatic rings. The van der Waals surface area contributed by atoms with Crippen LogP contribution in [0.4, 0.5) is 0 Å². The van der Waals surface area contributed by atoms with Crippen LogP contribution in [0.25, 0.3) is 0 Å². The van der Waals surface area contributed by atoms with Gasteiger partial charge in [-0.3, -0.25) is 19.3 Å². The summed E-state index contributed by atoms with van der Waals surface area (Å²) in [5.41, 5.74) is -0.759. The number of likely N-dealkylation sites (tertiary alicyclic amines) is 2. The smallest absolute Gasteiger partial charge is 0.234 e. The van der Waals surface area contributed by atoms with Gasteiger partial charge in [-0.2, -0.15) is 0 Å². The summed E-state index contributed by atoms with van der Waals surface area (Å²) < 4.78 is 0. The molecule has 21 heavy (non-hydrogen) atoms. The second-order valence-electron chi connectivity index (χ2n) is 8.54. The van der Waals surface area contributed by atoms with Crippen LogP contribution in [0, 0.1) is 23.7 Å². The predicted octanol–water partition coefficient (Wildman–Crippen LogP) is 1.27. The van der Waals surface area contributed by atoms with Crippen LogP contribution in [-0.2, 0) is 14.4 Å².